The molecule has 128 valence electrons. The highest BCUT2D eigenvalue weighted by Gasteiger charge is 2.43. The number of pyridine rings is 1. The fourth-order valence-corrected chi connectivity index (χ4v) is 3.32. The summed E-state index contributed by atoms with van der Waals surface area (Å²) in [4.78, 5) is 24.9. The van der Waals surface area contributed by atoms with Crippen molar-refractivity contribution in [3.8, 4) is 0 Å². The van der Waals surface area contributed by atoms with Crippen molar-refractivity contribution in [1.82, 2.24) is 9.47 Å². The van der Waals surface area contributed by atoms with E-state index in [-0.39, 0.29) is 18.6 Å². The molecule has 1 unspecified atom stereocenters. The number of aryl methyl sites for hydroxylation is 1. The predicted molar refractivity (Wildman–Crippen MR) is 85.2 cm³/mol. The van der Waals surface area contributed by atoms with E-state index in [0.29, 0.717) is 5.56 Å². The topological polar surface area (TPSA) is 62.5 Å². The third kappa shape index (κ3) is 3.17. The highest BCUT2D eigenvalue weighted by atomic mass is 19.3. The monoisotopic (exact) mass is 336 g/mol. The first kappa shape index (κ1) is 16.6. The summed E-state index contributed by atoms with van der Waals surface area (Å²) in [7, 11) is 1.64. The van der Waals surface area contributed by atoms with Gasteiger partial charge in [0.25, 0.3) is 11.5 Å². The number of carbonyl (C=O) groups is 1. The SMILES string of the molecule is Cn1c(=O)c(CN2CC(C(=O)O)CC(F)(F)C2)cc2ccccc21. The Morgan fingerprint density at radius 1 is 1.38 bits per heavy atom. The van der Waals surface area contributed by atoms with Crippen molar-refractivity contribution in [1.29, 1.82) is 0 Å². The van der Waals surface area contributed by atoms with Crippen LogP contribution in [0.15, 0.2) is 35.1 Å². The van der Waals surface area contributed by atoms with Gasteiger partial charge in [0.15, 0.2) is 0 Å². The summed E-state index contributed by atoms with van der Waals surface area (Å²) >= 11 is 0. The number of carboxylic acid groups (broad SMARTS) is 1. The number of rotatable bonds is 3. The largest absolute Gasteiger partial charge is 0.481 e. The summed E-state index contributed by atoms with van der Waals surface area (Å²) in [5, 5.41) is 9.91. The molecule has 1 fully saturated rings. The lowest BCUT2D eigenvalue weighted by atomic mass is 9.95. The molecule has 1 aliphatic rings. The average molecular weight is 336 g/mol. The molecule has 24 heavy (non-hydrogen) atoms. The van der Waals surface area contributed by atoms with Crippen molar-refractivity contribution in [3.63, 3.8) is 0 Å². The second-order valence-electron chi connectivity index (χ2n) is 6.36. The van der Waals surface area contributed by atoms with Crippen LogP contribution in [-0.2, 0) is 18.4 Å². The summed E-state index contributed by atoms with van der Waals surface area (Å²) in [5.74, 6) is -5.42. The van der Waals surface area contributed by atoms with Crippen LogP contribution >= 0.6 is 0 Å². The Morgan fingerprint density at radius 2 is 2.08 bits per heavy atom. The van der Waals surface area contributed by atoms with Gasteiger partial charge < -0.3 is 9.67 Å². The third-order valence-corrected chi connectivity index (χ3v) is 4.43. The molecule has 1 atom stereocenters. The molecule has 0 amide bonds. The first-order valence-corrected chi connectivity index (χ1v) is 7.67. The van der Waals surface area contributed by atoms with Gasteiger partial charge in [0, 0.05) is 32.1 Å². The molecule has 3 rings (SSSR count). The first-order valence-electron chi connectivity index (χ1n) is 7.67. The van der Waals surface area contributed by atoms with Gasteiger partial charge in [0.1, 0.15) is 0 Å². The highest BCUT2D eigenvalue weighted by Crippen LogP contribution is 2.31. The molecule has 1 N–H and O–H groups in total. The number of fused-ring (bicyclic) bond motifs is 1. The fraction of sp³-hybridized carbons (Fsp3) is 0.412. The van der Waals surface area contributed by atoms with Crippen molar-refractivity contribution in [2.24, 2.45) is 13.0 Å². The van der Waals surface area contributed by atoms with Gasteiger partial charge in [-0.25, -0.2) is 8.78 Å². The predicted octanol–water partition coefficient (Wildman–Crippen LogP) is 2.08. The third-order valence-electron chi connectivity index (χ3n) is 4.43. The number of aliphatic carboxylic acids is 1. The Labute approximate surface area is 137 Å². The number of halogens is 2. The minimum absolute atomic E-state index is 0.0108. The number of aromatic nitrogens is 1. The van der Waals surface area contributed by atoms with Gasteiger partial charge in [-0.05, 0) is 17.5 Å². The van der Waals surface area contributed by atoms with Crippen molar-refractivity contribution in [3.05, 3.63) is 46.2 Å². The zero-order valence-corrected chi connectivity index (χ0v) is 13.2. The van der Waals surface area contributed by atoms with Gasteiger partial charge in [-0.3, -0.25) is 14.5 Å². The molecule has 0 bridgehead atoms. The van der Waals surface area contributed by atoms with E-state index in [2.05, 4.69) is 0 Å². The van der Waals surface area contributed by atoms with E-state index in [9.17, 15) is 18.4 Å². The Balaban J connectivity index is 1.93. The summed E-state index contributed by atoms with van der Waals surface area (Å²) in [6.07, 6.45) is -0.658. The van der Waals surface area contributed by atoms with E-state index in [1.807, 2.05) is 24.3 Å². The number of benzene rings is 1. The van der Waals surface area contributed by atoms with Gasteiger partial charge in [0.2, 0.25) is 0 Å². The zero-order chi connectivity index (χ0) is 17.5. The van der Waals surface area contributed by atoms with Crippen LogP contribution in [0.2, 0.25) is 0 Å². The molecule has 7 heteroatoms. The Hall–Kier alpha value is -2.28. The van der Waals surface area contributed by atoms with Gasteiger partial charge in [-0.2, -0.15) is 0 Å². The Kier molecular flexibility index (Phi) is 4.13. The summed E-state index contributed by atoms with van der Waals surface area (Å²) in [5.41, 5.74) is 0.895. The van der Waals surface area contributed by atoms with E-state index < -0.39 is 30.8 Å². The van der Waals surface area contributed by atoms with Gasteiger partial charge in [0.05, 0.1) is 18.0 Å². The molecule has 0 spiro atoms. The number of alkyl halides is 2. The molecule has 1 saturated heterocycles. The molecule has 1 aromatic heterocycles. The van der Waals surface area contributed by atoms with Crippen LogP contribution in [0.4, 0.5) is 8.78 Å². The maximum Gasteiger partial charge on any atom is 0.308 e. The second-order valence-corrected chi connectivity index (χ2v) is 6.36. The lowest BCUT2D eigenvalue weighted by molar-refractivity contribution is -0.153. The second kappa shape index (κ2) is 5.98. The van der Waals surface area contributed by atoms with E-state index in [1.54, 1.807) is 13.1 Å². The number of nitrogens with zero attached hydrogens (tertiary/aromatic N) is 2. The average Bonchev–Trinajstić information content (AvgIpc) is 2.51. The number of hydrogen-bond donors (Lipinski definition) is 1. The normalized spacial score (nSPS) is 21.0. The smallest absolute Gasteiger partial charge is 0.308 e. The maximum absolute atomic E-state index is 13.8. The molecule has 2 aromatic rings. The molecule has 0 saturated carbocycles. The zero-order valence-electron chi connectivity index (χ0n) is 13.2. The van der Waals surface area contributed by atoms with Gasteiger partial charge in [-0.1, -0.05) is 18.2 Å². The van der Waals surface area contributed by atoms with Crippen LogP contribution in [0.25, 0.3) is 10.9 Å². The van der Waals surface area contributed by atoms with Crippen LogP contribution in [0.3, 0.4) is 0 Å². The van der Waals surface area contributed by atoms with Crippen molar-refractivity contribution < 1.29 is 18.7 Å². The van der Waals surface area contributed by atoms with Crippen molar-refractivity contribution in [2.45, 2.75) is 18.9 Å². The molecule has 1 aromatic carbocycles. The van der Waals surface area contributed by atoms with E-state index in [0.717, 1.165) is 10.9 Å². The van der Waals surface area contributed by atoms with E-state index in [1.165, 1.54) is 9.47 Å². The van der Waals surface area contributed by atoms with Crippen LogP contribution in [0.1, 0.15) is 12.0 Å². The Morgan fingerprint density at radius 3 is 2.79 bits per heavy atom. The lowest BCUT2D eigenvalue weighted by Gasteiger charge is -2.35. The molecule has 1 aliphatic heterocycles. The van der Waals surface area contributed by atoms with Gasteiger partial charge in [-0.15, -0.1) is 0 Å². The number of piperidine rings is 1. The number of hydrogen-bond acceptors (Lipinski definition) is 3. The fourth-order valence-electron chi connectivity index (χ4n) is 3.32. The van der Waals surface area contributed by atoms with Crippen LogP contribution in [-0.4, -0.2) is 39.6 Å². The standard InChI is InChI=1S/C17H18F2N2O3/c1-20-14-5-3-2-4-11(14)6-12(15(20)22)8-21-9-13(16(23)24)7-17(18,19)10-21/h2-6,13H,7-10H2,1H3,(H,23,24). The number of likely N-dealkylation sites (tertiary alicyclic amines) is 1. The molecule has 5 nitrogen and oxygen atoms in total. The Bertz CT molecular complexity index is 847. The number of carboxylic acids is 1. The molecular formula is C17H18F2N2O3. The molecule has 2 heterocycles. The van der Waals surface area contributed by atoms with Crippen LogP contribution in [0.5, 0.6) is 0 Å². The maximum atomic E-state index is 13.8. The van der Waals surface area contributed by atoms with E-state index >= 15 is 0 Å². The lowest BCUT2D eigenvalue weighted by Crippen LogP contribution is -2.49. The van der Waals surface area contributed by atoms with Crippen molar-refractivity contribution in [2.75, 3.05) is 13.1 Å². The van der Waals surface area contributed by atoms with Crippen LogP contribution < -0.4 is 5.56 Å². The summed E-state index contributed by atoms with van der Waals surface area (Å²) in [6.45, 7) is -0.509. The summed E-state index contributed by atoms with van der Waals surface area (Å²) < 4.78 is 29.1. The first-order chi connectivity index (χ1) is 11.3. The number of para-hydroxylation sites is 1. The minimum Gasteiger partial charge on any atom is -0.481 e. The van der Waals surface area contributed by atoms with Crippen molar-refractivity contribution >= 4 is 16.9 Å². The molecule has 0 radical (unpaired) electrons. The molecule has 0 aliphatic carbocycles. The quantitative estimate of drug-likeness (QED) is 0.932. The summed E-state index contributed by atoms with van der Waals surface area (Å²) in [6, 6.07) is 9.02. The van der Waals surface area contributed by atoms with E-state index in [4.69, 9.17) is 5.11 Å². The highest BCUT2D eigenvalue weighted by molar-refractivity contribution is 5.79. The minimum atomic E-state index is -3.07. The van der Waals surface area contributed by atoms with Gasteiger partial charge >= 0.3 is 5.97 Å². The van der Waals surface area contributed by atoms with Crippen LogP contribution in [0, 0.1) is 5.92 Å². The molecular weight excluding hydrogens is 318 g/mol.